The molecule has 1 aromatic carbocycles. The van der Waals surface area contributed by atoms with Crippen LogP contribution in [0.4, 0.5) is 16.0 Å². The summed E-state index contributed by atoms with van der Waals surface area (Å²) < 4.78 is 33.6. The summed E-state index contributed by atoms with van der Waals surface area (Å²) in [5.41, 5.74) is 13.7. The molecule has 4 N–H and O–H groups in total. The molecule has 4 heterocycles. The van der Waals surface area contributed by atoms with Crippen LogP contribution in [0.2, 0.25) is 0 Å². The summed E-state index contributed by atoms with van der Waals surface area (Å²) in [4.78, 5) is 8.69. The van der Waals surface area contributed by atoms with Crippen molar-refractivity contribution in [3.05, 3.63) is 35.8 Å². The molecule has 9 nitrogen and oxygen atoms in total. The number of nitrogens with two attached hydrogens (primary N) is 2. The maximum atomic E-state index is 14.0. The van der Waals surface area contributed by atoms with Gasteiger partial charge in [-0.05, 0) is 25.1 Å². The van der Waals surface area contributed by atoms with E-state index in [0.717, 1.165) is 0 Å². The largest absolute Gasteiger partial charge is 0.490 e. The van der Waals surface area contributed by atoms with Crippen LogP contribution in [0.5, 0.6) is 17.5 Å². The summed E-state index contributed by atoms with van der Waals surface area (Å²) in [6.45, 7) is 1.78. The number of halogens is 1. The smallest absolute Gasteiger partial charge is 0.258 e. The van der Waals surface area contributed by atoms with Crippen LogP contribution in [0.3, 0.4) is 0 Å². The van der Waals surface area contributed by atoms with E-state index in [-0.39, 0.29) is 29.7 Å². The molecular weight excluding hydrogens is 391 g/mol. The van der Waals surface area contributed by atoms with Crippen molar-refractivity contribution in [1.29, 1.82) is 0 Å². The van der Waals surface area contributed by atoms with Gasteiger partial charge in [0.2, 0.25) is 5.88 Å². The molecule has 156 valence electrons. The fraction of sp³-hybridized carbons (Fsp3) is 0.350. The van der Waals surface area contributed by atoms with Gasteiger partial charge in [0.15, 0.2) is 5.82 Å². The van der Waals surface area contributed by atoms with Crippen molar-refractivity contribution in [2.75, 3.05) is 11.5 Å². The molecule has 3 aliphatic rings. The highest BCUT2D eigenvalue weighted by molar-refractivity contribution is 5.77. The summed E-state index contributed by atoms with van der Waals surface area (Å²) in [6.07, 6.45) is 2.12. The van der Waals surface area contributed by atoms with E-state index in [4.69, 9.17) is 25.7 Å². The Morgan fingerprint density at radius 3 is 2.67 bits per heavy atom. The highest BCUT2D eigenvalue weighted by atomic mass is 19.1. The minimum absolute atomic E-state index is 0.0541. The Hall–Kier alpha value is -3.56. The third kappa shape index (κ3) is 3.04. The number of hydrogen-bond acceptors (Lipinski definition) is 8. The average molecular weight is 412 g/mol. The van der Waals surface area contributed by atoms with E-state index >= 15 is 0 Å². The van der Waals surface area contributed by atoms with Crippen molar-refractivity contribution < 1.29 is 18.6 Å². The molecule has 2 aliphatic heterocycles. The standard InChI is InChI=1S/C20H21FN6O3/c1-9-13-5-10(21)3-4-15(13)29-11-6-12(7-11)30-19-16(18(23)27(2)26-19)14-8-24-17(22)20(25-14)28-9/h3-5,8-9,11-12H,6-7,23H2,1-2H3,(H2,22,24). The SMILES string of the molecule is CC1Oc2nc(cnc2N)-c2c(nn(C)c2N)OC2CC(C2)Oc2ccc(F)cc21. The van der Waals surface area contributed by atoms with Crippen LogP contribution in [-0.2, 0) is 7.05 Å². The normalized spacial score (nSPS) is 22.3. The zero-order valence-corrected chi connectivity index (χ0v) is 16.5. The molecule has 2 aromatic heterocycles. The summed E-state index contributed by atoms with van der Waals surface area (Å²) >= 11 is 0. The topological polar surface area (TPSA) is 123 Å². The Labute approximate surface area is 171 Å². The number of fused-ring (bicyclic) bond motifs is 1. The fourth-order valence-electron chi connectivity index (χ4n) is 3.65. The van der Waals surface area contributed by atoms with E-state index in [0.29, 0.717) is 47.1 Å². The van der Waals surface area contributed by atoms with Crippen LogP contribution < -0.4 is 25.7 Å². The molecule has 0 radical (unpaired) electrons. The molecule has 1 atom stereocenters. The number of hydrogen-bond donors (Lipinski definition) is 2. The molecule has 1 saturated carbocycles. The molecule has 30 heavy (non-hydrogen) atoms. The number of nitrogens with zero attached hydrogens (tertiary/aromatic N) is 4. The van der Waals surface area contributed by atoms with E-state index in [1.807, 2.05) is 0 Å². The molecule has 10 heteroatoms. The second-order valence-corrected chi connectivity index (χ2v) is 7.53. The van der Waals surface area contributed by atoms with Crippen LogP contribution in [0.15, 0.2) is 24.4 Å². The maximum Gasteiger partial charge on any atom is 0.258 e. The zero-order valence-electron chi connectivity index (χ0n) is 16.5. The van der Waals surface area contributed by atoms with Gasteiger partial charge in [-0.2, -0.15) is 0 Å². The van der Waals surface area contributed by atoms with E-state index in [2.05, 4.69) is 15.1 Å². The third-order valence-electron chi connectivity index (χ3n) is 5.40. The lowest BCUT2D eigenvalue weighted by molar-refractivity contribution is 0.000857. The van der Waals surface area contributed by atoms with Gasteiger partial charge in [-0.3, -0.25) is 0 Å². The molecule has 1 fully saturated rings. The Morgan fingerprint density at radius 1 is 1.10 bits per heavy atom. The predicted octanol–water partition coefficient (Wildman–Crippen LogP) is 2.62. The van der Waals surface area contributed by atoms with Crippen molar-refractivity contribution in [2.45, 2.75) is 38.1 Å². The van der Waals surface area contributed by atoms with Gasteiger partial charge >= 0.3 is 0 Å². The lowest BCUT2D eigenvalue weighted by Gasteiger charge is -2.35. The monoisotopic (exact) mass is 412 g/mol. The Morgan fingerprint density at radius 2 is 1.87 bits per heavy atom. The molecular formula is C20H21FN6O3. The number of rotatable bonds is 0. The molecule has 4 bridgehead atoms. The molecule has 1 unspecified atom stereocenters. The van der Waals surface area contributed by atoms with Gasteiger partial charge in [0.1, 0.15) is 47.0 Å². The highest BCUT2D eigenvalue weighted by Crippen LogP contribution is 2.40. The van der Waals surface area contributed by atoms with Crippen molar-refractivity contribution in [3.8, 4) is 28.8 Å². The molecule has 3 aromatic rings. The quantitative estimate of drug-likeness (QED) is 0.578. The van der Waals surface area contributed by atoms with Crippen LogP contribution >= 0.6 is 0 Å². The van der Waals surface area contributed by atoms with Crippen molar-refractivity contribution in [2.24, 2.45) is 7.05 Å². The van der Waals surface area contributed by atoms with Crippen LogP contribution in [0, 0.1) is 5.82 Å². The molecule has 0 saturated heterocycles. The van der Waals surface area contributed by atoms with Crippen molar-refractivity contribution >= 4 is 11.6 Å². The second-order valence-electron chi connectivity index (χ2n) is 7.53. The zero-order chi connectivity index (χ0) is 21.0. The van der Waals surface area contributed by atoms with Crippen molar-refractivity contribution in [1.82, 2.24) is 19.7 Å². The first-order valence-corrected chi connectivity index (χ1v) is 9.63. The summed E-state index contributed by atoms with van der Waals surface area (Å²) in [7, 11) is 1.72. The summed E-state index contributed by atoms with van der Waals surface area (Å²) in [5.74, 6) is 1.13. The Kier molecular flexibility index (Phi) is 4.16. The van der Waals surface area contributed by atoms with E-state index in [1.54, 1.807) is 20.0 Å². The summed E-state index contributed by atoms with van der Waals surface area (Å²) in [5, 5.41) is 4.38. The molecule has 1 aliphatic carbocycles. The minimum Gasteiger partial charge on any atom is -0.490 e. The number of benzene rings is 1. The molecule has 0 amide bonds. The third-order valence-corrected chi connectivity index (χ3v) is 5.40. The number of anilines is 2. The first-order valence-electron chi connectivity index (χ1n) is 9.63. The average Bonchev–Trinajstić information content (AvgIpc) is 2.96. The first-order chi connectivity index (χ1) is 14.4. The van der Waals surface area contributed by atoms with Gasteiger partial charge in [-0.15, -0.1) is 5.10 Å². The Balaban J connectivity index is 1.64. The van der Waals surface area contributed by atoms with Gasteiger partial charge in [0.05, 0.1) is 6.20 Å². The van der Waals surface area contributed by atoms with Gasteiger partial charge in [-0.25, -0.2) is 19.0 Å². The van der Waals surface area contributed by atoms with Gasteiger partial charge in [-0.1, -0.05) is 0 Å². The van der Waals surface area contributed by atoms with Crippen LogP contribution in [0.1, 0.15) is 31.4 Å². The first kappa shape index (κ1) is 18.5. The summed E-state index contributed by atoms with van der Waals surface area (Å²) in [6, 6.07) is 4.36. The minimum atomic E-state index is -0.580. The van der Waals surface area contributed by atoms with Crippen LogP contribution in [0.25, 0.3) is 11.3 Å². The van der Waals surface area contributed by atoms with Gasteiger partial charge in [0.25, 0.3) is 5.88 Å². The van der Waals surface area contributed by atoms with E-state index in [1.165, 1.54) is 23.0 Å². The number of aromatic nitrogens is 4. The van der Waals surface area contributed by atoms with E-state index < -0.39 is 6.10 Å². The number of ether oxygens (including phenoxy) is 3. The lowest BCUT2D eigenvalue weighted by atomic mass is 9.91. The van der Waals surface area contributed by atoms with E-state index in [9.17, 15) is 4.39 Å². The van der Waals surface area contributed by atoms with Gasteiger partial charge in [0, 0.05) is 25.5 Å². The highest BCUT2D eigenvalue weighted by Gasteiger charge is 2.36. The number of nitrogen functional groups attached to an aromatic ring is 2. The van der Waals surface area contributed by atoms with Gasteiger partial charge < -0.3 is 25.7 Å². The van der Waals surface area contributed by atoms with Crippen molar-refractivity contribution in [3.63, 3.8) is 0 Å². The fourth-order valence-corrected chi connectivity index (χ4v) is 3.65. The molecule has 0 spiro atoms. The number of aryl methyl sites for hydroxylation is 1. The Bertz CT molecular complexity index is 1130. The predicted molar refractivity (Wildman–Crippen MR) is 107 cm³/mol. The maximum absolute atomic E-state index is 14.0. The lowest BCUT2D eigenvalue weighted by Crippen LogP contribution is -2.41. The van der Waals surface area contributed by atoms with Crippen LogP contribution in [-0.4, -0.2) is 32.0 Å². The second kappa shape index (κ2) is 6.75. The molecule has 6 rings (SSSR count).